The maximum atomic E-state index is 12.2. The average molecular weight is 341 g/mol. The highest BCUT2D eigenvalue weighted by Gasteiger charge is 2.32. The minimum Gasteiger partial charge on any atom is -0.404 e. The van der Waals surface area contributed by atoms with E-state index in [0.29, 0.717) is 0 Å². The van der Waals surface area contributed by atoms with Gasteiger partial charge in [-0.2, -0.15) is 10.4 Å². The van der Waals surface area contributed by atoms with E-state index in [9.17, 15) is 28.1 Å². The van der Waals surface area contributed by atoms with Crippen LogP contribution in [0.1, 0.15) is 16.1 Å². The first-order valence-corrected chi connectivity index (χ1v) is 6.00. The zero-order chi connectivity index (χ0) is 17.9. The van der Waals surface area contributed by atoms with E-state index in [1.807, 2.05) is 0 Å². The van der Waals surface area contributed by atoms with Crippen molar-refractivity contribution in [3.05, 3.63) is 45.8 Å². The maximum Gasteiger partial charge on any atom is 0.573 e. The Hall–Kier alpha value is -3.62. The molecule has 2 aromatic rings. The molecule has 0 aliphatic heterocycles. The van der Waals surface area contributed by atoms with Gasteiger partial charge in [-0.15, -0.1) is 13.2 Å². The van der Waals surface area contributed by atoms with Crippen LogP contribution in [-0.2, 0) is 0 Å². The third-order valence-electron chi connectivity index (χ3n) is 2.63. The van der Waals surface area contributed by atoms with E-state index in [1.165, 1.54) is 6.07 Å². The molecule has 0 aliphatic rings. The molecule has 2 N–H and O–H groups in total. The molecule has 9 nitrogen and oxygen atoms in total. The van der Waals surface area contributed by atoms with Crippen LogP contribution in [0.4, 0.5) is 24.5 Å². The Bertz CT molecular complexity index is 840. The van der Waals surface area contributed by atoms with E-state index in [1.54, 1.807) is 0 Å². The van der Waals surface area contributed by atoms with Crippen LogP contribution in [0, 0.1) is 21.4 Å². The number of nitrogens with zero attached hydrogens (tertiary/aromatic N) is 3. The molecule has 0 unspecified atom stereocenters. The summed E-state index contributed by atoms with van der Waals surface area (Å²) < 4.78 is 40.3. The van der Waals surface area contributed by atoms with E-state index < -0.39 is 39.9 Å². The predicted octanol–water partition coefficient (Wildman–Crippen LogP) is 2.34. The highest BCUT2D eigenvalue weighted by atomic mass is 19.4. The highest BCUT2D eigenvalue weighted by molar-refractivity contribution is 6.05. The van der Waals surface area contributed by atoms with E-state index >= 15 is 0 Å². The summed E-state index contributed by atoms with van der Waals surface area (Å²) in [4.78, 5) is 21.8. The normalized spacial score (nSPS) is 10.8. The Morgan fingerprint density at radius 2 is 2.17 bits per heavy atom. The van der Waals surface area contributed by atoms with Gasteiger partial charge in [-0.25, -0.2) is 0 Å². The predicted molar refractivity (Wildman–Crippen MR) is 71.0 cm³/mol. The fraction of sp³-hybridized carbons (Fsp3) is 0.0833. The molecule has 0 aliphatic carbocycles. The quantitative estimate of drug-likeness (QED) is 0.647. The third-order valence-corrected chi connectivity index (χ3v) is 2.63. The molecular weight excluding hydrogens is 335 g/mol. The summed E-state index contributed by atoms with van der Waals surface area (Å²) in [5.74, 6) is -1.69. The van der Waals surface area contributed by atoms with Crippen LogP contribution in [-0.4, -0.2) is 27.4 Å². The van der Waals surface area contributed by atoms with Crippen molar-refractivity contribution in [1.82, 2.24) is 10.2 Å². The molecule has 2 rings (SSSR count). The molecule has 0 bridgehead atoms. The van der Waals surface area contributed by atoms with E-state index in [2.05, 4.69) is 20.3 Å². The molecule has 1 aromatic heterocycles. The van der Waals surface area contributed by atoms with Crippen LogP contribution >= 0.6 is 0 Å². The number of anilines is 1. The highest BCUT2D eigenvalue weighted by Crippen LogP contribution is 2.28. The molecule has 0 fully saturated rings. The number of aromatic amines is 1. The van der Waals surface area contributed by atoms with Crippen LogP contribution in [0.3, 0.4) is 0 Å². The number of H-pyrrole nitrogens is 1. The molecule has 0 spiro atoms. The number of carbonyl (C=O) groups is 1. The van der Waals surface area contributed by atoms with Gasteiger partial charge in [0.2, 0.25) is 5.69 Å². The second-order valence-electron chi connectivity index (χ2n) is 4.21. The molecule has 124 valence electrons. The van der Waals surface area contributed by atoms with E-state index in [0.717, 1.165) is 24.4 Å². The van der Waals surface area contributed by atoms with Gasteiger partial charge >= 0.3 is 12.0 Å². The lowest BCUT2D eigenvalue weighted by Gasteiger charge is -2.11. The topological polar surface area (TPSA) is 134 Å². The fourth-order valence-corrected chi connectivity index (χ4v) is 1.69. The van der Waals surface area contributed by atoms with Crippen molar-refractivity contribution in [2.75, 3.05) is 5.32 Å². The van der Waals surface area contributed by atoms with Crippen LogP contribution in [0.15, 0.2) is 24.4 Å². The van der Waals surface area contributed by atoms with Gasteiger partial charge in [-0.05, 0) is 18.2 Å². The van der Waals surface area contributed by atoms with Crippen LogP contribution in [0.25, 0.3) is 0 Å². The summed E-state index contributed by atoms with van der Waals surface area (Å²) in [5.41, 5.74) is -1.57. The molecule has 24 heavy (non-hydrogen) atoms. The standard InChI is InChI=1S/C12H6F3N5O4/c13-12(14,15)24-9-2-1-7(3-6(9)4-16)18-11(21)10-8(20(22)23)5-17-19-10/h1-3,5H,(H,17,19)(H,18,21). The molecule has 1 heterocycles. The second-order valence-corrected chi connectivity index (χ2v) is 4.21. The van der Waals surface area contributed by atoms with Gasteiger partial charge in [-0.1, -0.05) is 0 Å². The van der Waals surface area contributed by atoms with Crippen molar-refractivity contribution in [3.63, 3.8) is 0 Å². The van der Waals surface area contributed by atoms with Gasteiger partial charge in [0.25, 0.3) is 5.91 Å². The Morgan fingerprint density at radius 1 is 1.46 bits per heavy atom. The molecule has 0 atom stereocenters. The zero-order valence-electron chi connectivity index (χ0n) is 11.4. The third kappa shape index (κ3) is 3.77. The number of aromatic nitrogens is 2. The van der Waals surface area contributed by atoms with Gasteiger partial charge in [0.1, 0.15) is 18.0 Å². The maximum absolute atomic E-state index is 12.2. The minimum atomic E-state index is -4.98. The lowest BCUT2D eigenvalue weighted by molar-refractivity contribution is -0.385. The van der Waals surface area contributed by atoms with Gasteiger partial charge in [0.05, 0.1) is 10.5 Å². The van der Waals surface area contributed by atoms with Gasteiger partial charge in [-0.3, -0.25) is 20.0 Å². The summed E-state index contributed by atoms with van der Waals surface area (Å²) in [7, 11) is 0. The number of rotatable bonds is 4. The smallest absolute Gasteiger partial charge is 0.404 e. The monoisotopic (exact) mass is 341 g/mol. The first-order chi connectivity index (χ1) is 11.2. The van der Waals surface area contributed by atoms with Crippen LogP contribution in [0.5, 0.6) is 5.75 Å². The molecular formula is C12H6F3N5O4. The van der Waals surface area contributed by atoms with E-state index in [-0.39, 0.29) is 5.69 Å². The Kier molecular flexibility index (Phi) is 4.36. The Labute approximate surface area is 130 Å². The number of amides is 1. The SMILES string of the molecule is N#Cc1cc(NC(=O)c2[nH]ncc2[N+](=O)[O-])ccc1OC(F)(F)F. The van der Waals surface area contributed by atoms with Crippen molar-refractivity contribution in [1.29, 1.82) is 5.26 Å². The summed E-state index contributed by atoms with van der Waals surface area (Å²) in [6.45, 7) is 0. The first kappa shape index (κ1) is 16.7. The number of alkyl halides is 3. The Balaban J connectivity index is 2.24. The number of benzene rings is 1. The van der Waals surface area contributed by atoms with Crippen LogP contribution in [0.2, 0.25) is 0 Å². The average Bonchev–Trinajstić information content (AvgIpc) is 2.97. The summed E-state index contributed by atoms with van der Waals surface area (Å²) >= 11 is 0. The number of ether oxygens (including phenoxy) is 1. The lowest BCUT2D eigenvalue weighted by Crippen LogP contribution is -2.18. The molecule has 0 radical (unpaired) electrons. The molecule has 12 heteroatoms. The van der Waals surface area contributed by atoms with Gasteiger partial charge in [0.15, 0.2) is 0 Å². The van der Waals surface area contributed by atoms with E-state index in [4.69, 9.17) is 5.26 Å². The van der Waals surface area contributed by atoms with Crippen molar-refractivity contribution in [2.45, 2.75) is 6.36 Å². The molecule has 1 aromatic carbocycles. The molecule has 0 saturated heterocycles. The number of nitrogens with one attached hydrogen (secondary N) is 2. The number of hydrogen-bond acceptors (Lipinski definition) is 6. The minimum absolute atomic E-state index is 0.0602. The Morgan fingerprint density at radius 3 is 2.75 bits per heavy atom. The van der Waals surface area contributed by atoms with Crippen molar-refractivity contribution >= 4 is 17.3 Å². The number of hydrogen-bond donors (Lipinski definition) is 2. The number of carbonyl (C=O) groups excluding carboxylic acids is 1. The van der Waals surface area contributed by atoms with Crippen molar-refractivity contribution < 1.29 is 27.6 Å². The largest absolute Gasteiger partial charge is 0.573 e. The van der Waals surface area contributed by atoms with Gasteiger partial charge < -0.3 is 10.1 Å². The van der Waals surface area contributed by atoms with Crippen molar-refractivity contribution in [3.8, 4) is 11.8 Å². The summed E-state index contributed by atoms with van der Waals surface area (Å²) in [6.07, 6.45) is -4.15. The molecule has 1 amide bonds. The lowest BCUT2D eigenvalue weighted by atomic mass is 10.2. The van der Waals surface area contributed by atoms with Crippen molar-refractivity contribution in [2.24, 2.45) is 0 Å². The van der Waals surface area contributed by atoms with Gasteiger partial charge in [0, 0.05) is 5.69 Å². The second kappa shape index (κ2) is 6.24. The number of halogens is 3. The summed E-state index contributed by atoms with van der Waals surface area (Å²) in [6, 6.07) is 4.30. The zero-order valence-corrected chi connectivity index (χ0v) is 11.4. The fourth-order valence-electron chi connectivity index (χ4n) is 1.69. The number of nitro groups is 1. The number of nitriles is 1. The first-order valence-electron chi connectivity index (χ1n) is 6.00. The molecule has 0 saturated carbocycles. The summed E-state index contributed by atoms with van der Waals surface area (Å²) in [5, 5.41) is 27.3. The van der Waals surface area contributed by atoms with Crippen LogP contribution < -0.4 is 10.1 Å².